The first-order valence-corrected chi connectivity index (χ1v) is 10.5. The highest BCUT2D eigenvalue weighted by atomic mass is 32.2. The van der Waals surface area contributed by atoms with Gasteiger partial charge in [-0.1, -0.05) is 35.5 Å². The molecule has 0 aliphatic carbocycles. The maximum atomic E-state index is 14.3. The standard InChI is InChI=1S/C18H20FN3O2S2/c1-12-3-6-14(7-4-12)26(23,24)22-16-11-13(5-8-15(16)19)18(2)9-10-25-17(20)21-18/h3-8,11,22H,9-10H2,1-2H3,(H2,20,21)/t18-/m0/s1. The van der Waals surface area contributed by atoms with Crippen LogP contribution in [0.3, 0.4) is 0 Å². The van der Waals surface area contributed by atoms with Crippen LogP contribution >= 0.6 is 11.8 Å². The topological polar surface area (TPSA) is 84.5 Å². The van der Waals surface area contributed by atoms with Gasteiger partial charge in [0.05, 0.1) is 16.1 Å². The zero-order chi connectivity index (χ0) is 18.9. The monoisotopic (exact) mass is 393 g/mol. The van der Waals surface area contributed by atoms with Gasteiger partial charge in [-0.2, -0.15) is 0 Å². The number of halogens is 1. The van der Waals surface area contributed by atoms with E-state index in [-0.39, 0.29) is 10.6 Å². The van der Waals surface area contributed by atoms with Gasteiger partial charge in [-0.05, 0) is 50.1 Å². The second kappa shape index (κ2) is 6.92. The Kier molecular flexibility index (Phi) is 4.98. The lowest BCUT2D eigenvalue weighted by molar-refractivity contribution is 0.481. The van der Waals surface area contributed by atoms with Crippen LogP contribution in [0.1, 0.15) is 24.5 Å². The quantitative estimate of drug-likeness (QED) is 0.831. The number of nitrogens with one attached hydrogen (secondary N) is 1. The third-order valence-electron chi connectivity index (χ3n) is 4.36. The molecule has 1 aliphatic rings. The molecule has 3 N–H and O–H groups in total. The minimum atomic E-state index is -3.89. The van der Waals surface area contributed by atoms with Crippen molar-refractivity contribution in [2.75, 3.05) is 10.5 Å². The summed E-state index contributed by atoms with van der Waals surface area (Å²) in [7, 11) is -3.89. The van der Waals surface area contributed by atoms with Gasteiger partial charge in [-0.15, -0.1) is 0 Å². The first-order chi connectivity index (χ1) is 12.2. The van der Waals surface area contributed by atoms with Crippen molar-refractivity contribution < 1.29 is 12.8 Å². The van der Waals surface area contributed by atoms with Crippen LogP contribution in [0.5, 0.6) is 0 Å². The molecule has 0 aromatic heterocycles. The van der Waals surface area contributed by atoms with Crippen LogP contribution in [-0.2, 0) is 15.6 Å². The van der Waals surface area contributed by atoms with Crippen molar-refractivity contribution in [3.05, 3.63) is 59.4 Å². The Balaban J connectivity index is 1.96. The number of benzene rings is 2. The van der Waals surface area contributed by atoms with E-state index in [1.807, 2.05) is 13.8 Å². The highest BCUT2D eigenvalue weighted by Gasteiger charge is 2.30. The molecule has 0 fully saturated rings. The summed E-state index contributed by atoms with van der Waals surface area (Å²) in [5, 5.41) is 0.477. The molecule has 26 heavy (non-hydrogen) atoms. The molecule has 8 heteroatoms. The molecule has 2 aromatic rings. The highest BCUT2D eigenvalue weighted by molar-refractivity contribution is 8.13. The second-order valence-corrected chi connectivity index (χ2v) is 9.23. The highest BCUT2D eigenvalue weighted by Crippen LogP contribution is 2.36. The Labute approximate surface area is 157 Å². The number of nitrogens with zero attached hydrogens (tertiary/aromatic N) is 1. The molecule has 0 saturated carbocycles. The lowest BCUT2D eigenvalue weighted by Crippen LogP contribution is -2.29. The molecule has 138 valence electrons. The molecule has 1 atom stereocenters. The summed E-state index contributed by atoms with van der Waals surface area (Å²) in [4.78, 5) is 4.56. The first kappa shape index (κ1) is 18.7. The van der Waals surface area contributed by atoms with E-state index in [0.717, 1.165) is 17.7 Å². The fourth-order valence-corrected chi connectivity index (χ4v) is 4.79. The molecule has 0 radical (unpaired) electrons. The Hall–Kier alpha value is -2.06. The largest absolute Gasteiger partial charge is 0.379 e. The lowest BCUT2D eigenvalue weighted by atomic mass is 9.89. The number of thioether (sulfide) groups is 1. The van der Waals surface area contributed by atoms with Crippen molar-refractivity contribution in [3.63, 3.8) is 0 Å². The smallest absolute Gasteiger partial charge is 0.261 e. The van der Waals surface area contributed by atoms with Crippen LogP contribution in [0.15, 0.2) is 52.4 Å². The van der Waals surface area contributed by atoms with Crippen LogP contribution in [0.2, 0.25) is 0 Å². The number of aryl methyl sites for hydroxylation is 1. The Bertz CT molecular complexity index is 959. The van der Waals surface area contributed by atoms with Crippen LogP contribution in [0.4, 0.5) is 10.1 Å². The number of rotatable bonds is 4. The first-order valence-electron chi connectivity index (χ1n) is 8.07. The predicted molar refractivity (Wildman–Crippen MR) is 104 cm³/mol. The van der Waals surface area contributed by atoms with E-state index in [2.05, 4.69) is 9.71 Å². The third-order valence-corrected chi connectivity index (χ3v) is 6.54. The van der Waals surface area contributed by atoms with Gasteiger partial charge in [0, 0.05) is 5.75 Å². The molecule has 5 nitrogen and oxygen atoms in total. The van der Waals surface area contributed by atoms with Gasteiger partial charge in [0.15, 0.2) is 5.17 Å². The van der Waals surface area contributed by atoms with Crippen molar-refractivity contribution in [1.29, 1.82) is 0 Å². The zero-order valence-electron chi connectivity index (χ0n) is 14.5. The summed E-state index contributed by atoms with van der Waals surface area (Å²) in [6.07, 6.45) is 0.730. The molecule has 0 unspecified atom stereocenters. The summed E-state index contributed by atoms with van der Waals surface area (Å²) in [6.45, 7) is 3.77. The molecule has 0 spiro atoms. The second-order valence-electron chi connectivity index (χ2n) is 6.44. The fraction of sp³-hybridized carbons (Fsp3) is 0.278. The van der Waals surface area contributed by atoms with Crippen molar-refractivity contribution in [2.45, 2.75) is 30.7 Å². The van der Waals surface area contributed by atoms with Gasteiger partial charge < -0.3 is 5.73 Å². The van der Waals surface area contributed by atoms with E-state index >= 15 is 0 Å². The van der Waals surface area contributed by atoms with E-state index in [4.69, 9.17) is 5.73 Å². The third kappa shape index (κ3) is 3.86. The SMILES string of the molecule is Cc1ccc(S(=O)(=O)Nc2cc([C@]3(C)CCSC(N)=N3)ccc2F)cc1. The molecule has 1 aliphatic heterocycles. The van der Waals surface area contributed by atoms with Gasteiger partial charge in [-0.3, -0.25) is 9.71 Å². The van der Waals surface area contributed by atoms with Crippen LogP contribution < -0.4 is 10.5 Å². The van der Waals surface area contributed by atoms with Crippen LogP contribution in [-0.4, -0.2) is 19.3 Å². The number of amidine groups is 1. The lowest BCUT2D eigenvalue weighted by Gasteiger charge is -2.30. The Morgan fingerprint density at radius 1 is 1.23 bits per heavy atom. The molecule has 0 saturated heterocycles. The number of aliphatic imine (C=N–C) groups is 1. The average molecular weight is 394 g/mol. The fourth-order valence-electron chi connectivity index (χ4n) is 2.75. The molecular weight excluding hydrogens is 373 g/mol. The number of anilines is 1. The number of nitrogens with two attached hydrogens (primary N) is 1. The zero-order valence-corrected chi connectivity index (χ0v) is 16.1. The number of sulfonamides is 1. The van der Waals surface area contributed by atoms with Crippen LogP contribution in [0, 0.1) is 12.7 Å². The van der Waals surface area contributed by atoms with Gasteiger partial charge in [0.25, 0.3) is 10.0 Å². The molecular formula is C18H20FN3O2S2. The van der Waals surface area contributed by atoms with Crippen molar-refractivity contribution in [3.8, 4) is 0 Å². The van der Waals surface area contributed by atoms with E-state index < -0.39 is 21.4 Å². The van der Waals surface area contributed by atoms with E-state index in [1.165, 1.54) is 36.0 Å². The minimum absolute atomic E-state index is 0.0791. The van der Waals surface area contributed by atoms with Gasteiger partial charge in [-0.25, -0.2) is 12.8 Å². The Morgan fingerprint density at radius 2 is 1.92 bits per heavy atom. The molecule has 3 rings (SSSR count). The molecule has 0 amide bonds. The number of hydrogen-bond donors (Lipinski definition) is 2. The van der Waals surface area contributed by atoms with E-state index in [1.54, 1.807) is 18.2 Å². The normalized spacial score (nSPS) is 20.5. The van der Waals surface area contributed by atoms with E-state index in [0.29, 0.717) is 10.7 Å². The summed E-state index contributed by atoms with van der Waals surface area (Å²) < 4.78 is 41.7. The van der Waals surface area contributed by atoms with Gasteiger partial charge in [0.1, 0.15) is 5.82 Å². The van der Waals surface area contributed by atoms with Gasteiger partial charge >= 0.3 is 0 Å². The summed E-state index contributed by atoms with van der Waals surface area (Å²) in [5.74, 6) is 0.156. The summed E-state index contributed by atoms with van der Waals surface area (Å²) in [6, 6.07) is 10.7. The summed E-state index contributed by atoms with van der Waals surface area (Å²) >= 11 is 1.47. The summed E-state index contributed by atoms with van der Waals surface area (Å²) in [5.41, 5.74) is 6.78. The van der Waals surface area contributed by atoms with Crippen LogP contribution in [0.25, 0.3) is 0 Å². The Morgan fingerprint density at radius 3 is 2.58 bits per heavy atom. The molecule has 0 bridgehead atoms. The predicted octanol–water partition coefficient (Wildman–Crippen LogP) is 3.60. The van der Waals surface area contributed by atoms with Crippen molar-refractivity contribution in [1.82, 2.24) is 0 Å². The maximum absolute atomic E-state index is 14.3. The minimum Gasteiger partial charge on any atom is -0.379 e. The van der Waals surface area contributed by atoms with E-state index in [9.17, 15) is 12.8 Å². The molecule has 2 aromatic carbocycles. The van der Waals surface area contributed by atoms with Crippen molar-refractivity contribution in [2.24, 2.45) is 10.7 Å². The molecule has 1 heterocycles. The average Bonchev–Trinajstić information content (AvgIpc) is 2.57. The van der Waals surface area contributed by atoms with Crippen molar-refractivity contribution >= 4 is 32.6 Å². The maximum Gasteiger partial charge on any atom is 0.261 e. The van der Waals surface area contributed by atoms with Gasteiger partial charge in [0.2, 0.25) is 0 Å². The number of hydrogen-bond acceptors (Lipinski definition) is 5.